The van der Waals surface area contributed by atoms with Crippen LogP contribution in [-0.2, 0) is 13.0 Å². The highest BCUT2D eigenvalue weighted by Gasteiger charge is 2.21. The third-order valence-electron chi connectivity index (χ3n) is 5.67. The molecule has 32 heavy (non-hydrogen) atoms. The Labute approximate surface area is 185 Å². The van der Waals surface area contributed by atoms with Crippen molar-refractivity contribution in [2.75, 3.05) is 5.32 Å². The zero-order valence-corrected chi connectivity index (χ0v) is 18.2. The average molecular weight is 432 g/mol. The summed E-state index contributed by atoms with van der Waals surface area (Å²) in [5.74, 6) is 2.05. The lowest BCUT2D eigenvalue weighted by atomic mass is 10.0. The summed E-state index contributed by atoms with van der Waals surface area (Å²) in [6.45, 7) is 6.97. The third kappa shape index (κ3) is 3.82. The summed E-state index contributed by atoms with van der Waals surface area (Å²) in [6.07, 6.45) is 4.08. The fourth-order valence-corrected chi connectivity index (χ4v) is 3.86. The topological polar surface area (TPSA) is 110 Å². The van der Waals surface area contributed by atoms with E-state index in [-0.39, 0.29) is 6.03 Å². The number of anilines is 1. The SMILES string of the molecule is CC1Cc2c(ncnc2Oc2ccc3c(ccn3C(=O)Nc3cc(C(C)C)[nH]n3)c2)CN1. The van der Waals surface area contributed by atoms with Crippen molar-refractivity contribution in [3.05, 3.63) is 59.8 Å². The van der Waals surface area contributed by atoms with E-state index in [0.717, 1.165) is 34.3 Å². The highest BCUT2D eigenvalue weighted by atomic mass is 16.5. The van der Waals surface area contributed by atoms with Gasteiger partial charge in [-0.3, -0.25) is 15.0 Å². The Morgan fingerprint density at radius 3 is 2.94 bits per heavy atom. The number of carbonyl (C=O) groups is 1. The van der Waals surface area contributed by atoms with Gasteiger partial charge in [0.2, 0.25) is 5.88 Å². The Morgan fingerprint density at radius 1 is 1.25 bits per heavy atom. The van der Waals surface area contributed by atoms with Crippen LogP contribution >= 0.6 is 0 Å². The molecular formula is C23H25N7O2. The second kappa shape index (κ2) is 8.08. The summed E-state index contributed by atoms with van der Waals surface area (Å²) in [5.41, 5.74) is 3.75. The van der Waals surface area contributed by atoms with Crippen molar-refractivity contribution in [2.24, 2.45) is 0 Å². The number of H-pyrrole nitrogens is 1. The van der Waals surface area contributed by atoms with E-state index in [2.05, 4.69) is 51.6 Å². The first-order chi connectivity index (χ1) is 15.5. The fourth-order valence-electron chi connectivity index (χ4n) is 3.86. The number of aromatic nitrogens is 5. The predicted molar refractivity (Wildman–Crippen MR) is 121 cm³/mol. The van der Waals surface area contributed by atoms with Gasteiger partial charge < -0.3 is 10.1 Å². The first-order valence-electron chi connectivity index (χ1n) is 10.7. The number of nitrogens with zero attached hydrogens (tertiary/aromatic N) is 4. The van der Waals surface area contributed by atoms with Gasteiger partial charge in [0.1, 0.15) is 12.1 Å². The number of fused-ring (bicyclic) bond motifs is 2. The second-order valence-corrected chi connectivity index (χ2v) is 8.39. The van der Waals surface area contributed by atoms with Crippen molar-refractivity contribution in [3.63, 3.8) is 0 Å². The number of rotatable bonds is 4. The van der Waals surface area contributed by atoms with Gasteiger partial charge >= 0.3 is 6.03 Å². The molecule has 5 rings (SSSR count). The van der Waals surface area contributed by atoms with Crippen LogP contribution in [0.3, 0.4) is 0 Å². The predicted octanol–water partition coefficient (Wildman–Crippen LogP) is 4.18. The first-order valence-corrected chi connectivity index (χ1v) is 10.7. The number of hydrogen-bond donors (Lipinski definition) is 3. The average Bonchev–Trinajstić information content (AvgIpc) is 3.41. The summed E-state index contributed by atoms with van der Waals surface area (Å²) < 4.78 is 7.68. The van der Waals surface area contributed by atoms with Crippen LogP contribution in [0.1, 0.15) is 43.6 Å². The quantitative estimate of drug-likeness (QED) is 0.447. The van der Waals surface area contributed by atoms with Gasteiger partial charge in [-0.2, -0.15) is 5.10 Å². The van der Waals surface area contributed by atoms with Crippen LogP contribution in [0.2, 0.25) is 0 Å². The van der Waals surface area contributed by atoms with Crippen LogP contribution in [0.15, 0.2) is 42.9 Å². The number of ether oxygens (including phenoxy) is 1. The summed E-state index contributed by atoms with van der Waals surface area (Å²) in [4.78, 5) is 21.5. The van der Waals surface area contributed by atoms with Gasteiger partial charge in [-0.25, -0.2) is 14.8 Å². The zero-order valence-electron chi connectivity index (χ0n) is 18.2. The van der Waals surface area contributed by atoms with Crippen LogP contribution in [0.5, 0.6) is 11.6 Å². The molecule has 1 unspecified atom stereocenters. The van der Waals surface area contributed by atoms with E-state index in [9.17, 15) is 4.79 Å². The molecule has 1 aliphatic heterocycles. The van der Waals surface area contributed by atoms with Crippen LogP contribution in [0.4, 0.5) is 10.6 Å². The Morgan fingerprint density at radius 2 is 2.12 bits per heavy atom. The summed E-state index contributed by atoms with van der Waals surface area (Å²) >= 11 is 0. The number of hydrogen-bond acceptors (Lipinski definition) is 6. The highest BCUT2D eigenvalue weighted by Crippen LogP contribution is 2.30. The molecule has 1 atom stereocenters. The van der Waals surface area contributed by atoms with Gasteiger partial charge in [-0.15, -0.1) is 0 Å². The number of benzene rings is 1. The largest absolute Gasteiger partial charge is 0.439 e. The maximum absolute atomic E-state index is 12.8. The Hall–Kier alpha value is -3.72. The lowest BCUT2D eigenvalue weighted by Crippen LogP contribution is -2.33. The second-order valence-electron chi connectivity index (χ2n) is 8.39. The molecule has 0 fully saturated rings. The number of aromatic amines is 1. The molecule has 0 saturated carbocycles. The van der Waals surface area contributed by atoms with E-state index < -0.39 is 0 Å². The molecule has 9 heteroatoms. The molecule has 164 valence electrons. The van der Waals surface area contributed by atoms with Gasteiger partial charge in [-0.05, 0) is 43.5 Å². The van der Waals surface area contributed by atoms with Crippen LogP contribution in [0, 0.1) is 0 Å². The molecule has 0 saturated heterocycles. The molecule has 9 nitrogen and oxygen atoms in total. The van der Waals surface area contributed by atoms with Crippen molar-refractivity contribution in [2.45, 2.75) is 45.7 Å². The maximum Gasteiger partial charge on any atom is 0.331 e. The number of nitrogens with one attached hydrogen (secondary N) is 3. The summed E-state index contributed by atoms with van der Waals surface area (Å²) in [7, 11) is 0. The van der Waals surface area contributed by atoms with Crippen molar-refractivity contribution in [3.8, 4) is 11.6 Å². The van der Waals surface area contributed by atoms with Crippen LogP contribution in [-0.4, -0.2) is 36.8 Å². The molecule has 3 aromatic heterocycles. The van der Waals surface area contributed by atoms with Crippen molar-refractivity contribution in [1.82, 2.24) is 30.0 Å². The van der Waals surface area contributed by atoms with Gasteiger partial charge in [0.15, 0.2) is 5.82 Å². The molecule has 1 aliphatic rings. The lowest BCUT2D eigenvalue weighted by molar-refractivity contribution is 0.254. The van der Waals surface area contributed by atoms with Crippen LogP contribution < -0.4 is 15.4 Å². The lowest BCUT2D eigenvalue weighted by Gasteiger charge is -2.23. The minimum atomic E-state index is -0.276. The highest BCUT2D eigenvalue weighted by molar-refractivity contribution is 5.98. The summed E-state index contributed by atoms with van der Waals surface area (Å²) in [6, 6.07) is 9.41. The monoisotopic (exact) mass is 431 g/mol. The molecule has 4 aromatic rings. The first kappa shape index (κ1) is 20.2. The maximum atomic E-state index is 12.8. The van der Waals surface area contributed by atoms with Gasteiger partial charge in [0.05, 0.1) is 11.2 Å². The third-order valence-corrected chi connectivity index (χ3v) is 5.67. The smallest absolute Gasteiger partial charge is 0.331 e. The number of carbonyl (C=O) groups excluding carboxylic acids is 1. The van der Waals surface area contributed by atoms with E-state index in [0.29, 0.717) is 36.0 Å². The van der Waals surface area contributed by atoms with E-state index in [1.54, 1.807) is 10.8 Å². The molecule has 0 spiro atoms. The molecule has 0 bridgehead atoms. The molecule has 4 heterocycles. The van der Waals surface area contributed by atoms with Gasteiger partial charge in [-0.1, -0.05) is 13.8 Å². The minimum absolute atomic E-state index is 0.276. The Bertz CT molecular complexity index is 1290. The molecule has 1 aromatic carbocycles. The Balaban J connectivity index is 1.37. The molecular weight excluding hydrogens is 406 g/mol. The van der Waals surface area contributed by atoms with Crippen LogP contribution in [0.25, 0.3) is 10.9 Å². The van der Waals surface area contributed by atoms with Crippen molar-refractivity contribution < 1.29 is 9.53 Å². The summed E-state index contributed by atoms with van der Waals surface area (Å²) in [5, 5.41) is 14.2. The van der Waals surface area contributed by atoms with E-state index in [1.807, 2.05) is 30.3 Å². The molecule has 1 amide bonds. The van der Waals surface area contributed by atoms with Crippen molar-refractivity contribution in [1.29, 1.82) is 0 Å². The molecule has 0 aliphatic carbocycles. The zero-order chi connectivity index (χ0) is 22.2. The van der Waals surface area contributed by atoms with Crippen molar-refractivity contribution >= 4 is 22.8 Å². The number of amides is 1. The molecule has 3 N–H and O–H groups in total. The molecule has 0 radical (unpaired) electrons. The normalized spacial score (nSPS) is 15.7. The minimum Gasteiger partial charge on any atom is -0.439 e. The van der Waals surface area contributed by atoms with E-state index in [1.165, 1.54) is 6.33 Å². The van der Waals surface area contributed by atoms with Gasteiger partial charge in [0, 0.05) is 41.5 Å². The fraction of sp³-hybridized carbons (Fsp3) is 0.304. The Kier molecular flexibility index (Phi) is 5.10. The van der Waals surface area contributed by atoms with E-state index in [4.69, 9.17) is 4.74 Å². The van der Waals surface area contributed by atoms with E-state index >= 15 is 0 Å². The van der Waals surface area contributed by atoms with Gasteiger partial charge in [0.25, 0.3) is 0 Å². The standard InChI is InChI=1S/C23H25N7O2/c1-13(2)18-10-21(29-28-18)27-23(31)30-7-6-15-9-16(4-5-20(15)30)32-22-17-8-14(3)24-11-19(17)25-12-26-22/h4-7,9-10,12-14,24H,8,11H2,1-3H3,(H2,27,28,29,31).